The molecular formula is C9H12BrFN2. The van der Waals surface area contributed by atoms with E-state index in [0.29, 0.717) is 12.1 Å². The van der Waals surface area contributed by atoms with Crippen LogP contribution < -0.4 is 5.73 Å². The van der Waals surface area contributed by atoms with Gasteiger partial charge in [-0.15, -0.1) is 0 Å². The van der Waals surface area contributed by atoms with Crippen LogP contribution in [0.1, 0.15) is 19.4 Å². The standard InChI is InChI=1S/C9H12BrFN2/c1-9(2,5-12)7-3-6(10)4-13-8(7)11/h3-4H,5,12H2,1-2H3. The second-order valence-corrected chi connectivity index (χ2v) is 4.50. The van der Waals surface area contributed by atoms with Gasteiger partial charge in [0, 0.05) is 28.2 Å². The Kier molecular flexibility index (Phi) is 3.03. The molecule has 72 valence electrons. The van der Waals surface area contributed by atoms with E-state index >= 15 is 0 Å². The van der Waals surface area contributed by atoms with E-state index in [1.165, 1.54) is 6.20 Å². The van der Waals surface area contributed by atoms with Gasteiger partial charge < -0.3 is 5.73 Å². The average molecular weight is 247 g/mol. The SMILES string of the molecule is CC(C)(CN)c1cc(Br)cnc1F. The lowest BCUT2D eigenvalue weighted by molar-refractivity contribution is 0.475. The maximum atomic E-state index is 13.3. The van der Waals surface area contributed by atoms with E-state index in [1.54, 1.807) is 6.07 Å². The molecule has 0 saturated heterocycles. The van der Waals surface area contributed by atoms with E-state index in [1.807, 2.05) is 13.8 Å². The second-order valence-electron chi connectivity index (χ2n) is 3.58. The van der Waals surface area contributed by atoms with E-state index in [9.17, 15) is 4.39 Å². The highest BCUT2D eigenvalue weighted by atomic mass is 79.9. The van der Waals surface area contributed by atoms with Gasteiger partial charge in [-0.2, -0.15) is 4.39 Å². The lowest BCUT2D eigenvalue weighted by Crippen LogP contribution is -2.29. The molecule has 2 N–H and O–H groups in total. The molecule has 0 spiro atoms. The van der Waals surface area contributed by atoms with E-state index in [-0.39, 0.29) is 5.41 Å². The highest BCUT2D eigenvalue weighted by Crippen LogP contribution is 2.25. The number of pyridine rings is 1. The summed E-state index contributed by atoms with van der Waals surface area (Å²) in [7, 11) is 0. The van der Waals surface area contributed by atoms with Crippen LogP contribution in [0.15, 0.2) is 16.7 Å². The van der Waals surface area contributed by atoms with Crippen LogP contribution in [-0.2, 0) is 5.41 Å². The zero-order valence-electron chi connectivity index (χ0n) is 7.64. The molecule has 0 atom stereocenters. The summed E-state index contributed by atoms with van der Waals surface area (Å²) in [4.78, 5) is 3.62. The lowest BCUT2D eigenvalue weighted by Gasteiger charge is -2.22. The largest absolute Gasteiger partial charge is 0.330 e. The third kappa shape index (κ3) is 2.25. The van der Waals surface area contributed by atoms with Crippen molar-refractivity contribution in [1.82, 2.24) is 4.98 Å². The molecule has 0 radical (unpaired) electrons. The monoisotopic (exact) mass is 246 g/mol. The van der Waals surface area contributed by atoms with E-state index < -0.39 is 5.95 Å². The molecule has 1 aromatic rings. The van der Waals surface area contributed by atoms with Crippen molar-refractivity contribution in [2.75, 3.05) is 6.54 Å². The Balaban J connectivity index is 3.20. The lowest BCUT2D eigenvalue weighted by atomic mass is 9.86. The van der Waals surface area contributed by atoms with Gasteiger partial charge in [-0.25, -0.2) is 4.98 Å². The maximum absolute atomic E-state index is 13.3. The van der Waals surface area contributed by atoms with Gasteiger partial charge in [0.2, 0.25) is 5.95 Å². The number of nitrogens with zero attached hydrogens (tertiary/aromatic N) is 1. The Hall–Kier alpha value is -0.480. The Morgan fingerprint density at radius 1 is 1.62 bits per heavy atom. The van der Waals surface area contributed by atoms with Gasteiger partial charge in [0.1, 0.15) is 0 Å². The number of hydrogen-bond acceptors (Lipinski definition) is 2. The predicted molar refractivity (Wildman–Crippen MR) is 54.0 cm³/mol. The van der Waals surface area contributed by atoms with Crippen LogP contribution in [0.4, 0.5) is 4.39 Å². The molecule has 0 unspecified atom stereocenters. The van der Waals surface area contributed by atoms with Crippen LogP contribution >= 0.6 is 15.9 Å². The third-order valence-electron chi connectivity index (χ3n) is 2.05. The Morgan fingerprint density at radius 2 is 2.23 bits per heavy atom. The maximum Gasteiger partial charge on any atom is 0.216 e. The molecule has 2 nitrogen and oxygen atoms in total. The number of halogens is 2. The van der Waals surface area contributed by atoms with Gasteiger partial charge in [0.05, 0.1) is 0 Å². The summed E-state index contributed by atoms with van der Waals surface area (Å²) in [6, 6.07) is 1.72. The molecule has 13 heavy (non-hydrogen) atoms. The Morgan fingerprint density at radius 3 is 2.77 bits per heavy atom. The summed E-state index contributed by atoms with van der Waals surface area (Å²) in [5, 5.41) is 0. The fourth-order valence-electron chi connectivity index (χ4n) is 1.01. The van der Waals surface area contributed by atoms with Gasteiger partial charge >= 0.3 is 0 Å². The summed E-state index contributed by atoms with van der Waals surface area (Å²) in [5.41, 5.74) is 5.72. The number of nitrogens with two attached hydrogens (primary N) is 1. The molecule has 0 fully saturated rings. The van der Waals surface area contributed by atoms with Gasteiger partial charge in [0.25, 0.3) is 0 Å². The van der Waals surface area contributed by atoms with Crippen molar-refractivity contribution in [2.45, 2.75) is 19.3 Å². The smallest absolute Gasteiger partial charge is 0.216 e. The average Bonchev–Trinajstić information content (AvgIpc) is 2.09. The Labute approximate surface area is 85.5 Å². The molecule has 1 heterocycles. The summed E-state index contributed by atoms with van der Waals surface area (Å²) in [5.74, 6) is -0.446. The van der Waals surface area contributed by atoms with Crippen LogP contribution in [0, 0.1) is 5.95 Å². The molecule has 0 amide bonds. The molecule has 0 aliphatic heterocycles. The van der Waals surface area contributed by atoms with Crippen molar-refractivity contribution in [1.29, 1.82) is 0 Å². The van der Waals surface area contributed by atoms with Gasteiger partial charge in [0.15, 0.2) is 0 Å². The molecule has 0 saturated carbocycles. The van der Waals surface area contributed by atoms with Crippen LogP contribution in [0.3, 0.4) is 0 Å². The van der Waals surface area contributed by atoms with E-state index in [0.717, 1.165) is 4.47 Å². The zero-order chi connectivity index (χ0) is 10.1. The summed E-state index contributed by atoms with van der Waals surface area (Å²) in [6.07, 6.45) is 1.44. The van der Waals surface area contributed by atoms with Crippen LogP contribution in [-0.4, -0.2) is 11.5 Å². The molecule has 4 heteroatoms. The molecule has 1 rings (SSSR count). The molecule has 0 aliphatic rings. The third-order valence-corrected chi connectivity index (χ3v) is 2.48. The van der Waals surface area contributed by atoms with Gasteiger partial charge in [-0.3, -0.25) is 0 Å². The first-order valence-corrected chi connectivity index (χ1v) is 4.78. The minimum absolute atomic E-state index is 0.374. The highest BCUT2D eigenvalue weighted by Gasteiger charge is 2.23. The first-order chi connectivity index (χ1) is 5.97. The molecular weight excluding hydrogens is 235 g/mol. The molecule has 0 bridgehead atoms. The molecule has 1 aromatic heterocycles. The quantitative estimate of drug-likeness (QED) is 0.814. The van der Waals surface area contributed by atoms with Crippen LogP contribution in [0.2, 0.25) is 0 Å². The molecule has 0 aromatic carbocycles. The summed E-state index contributed by atoms with van der Waals surface area (Å²) < 4.78 is 14.0. The minimum atomic E-state index is -0.446. The highest BCUT2D eigenvalue weighted by molar-refractivity contribution is 9.10. The van der Waals surface area contributed by atoms with Crippen molar-refractivity contribution in [2.24, 2.45) is 5.73 Å². The van der Waals surface area contributed by atoms with Gasteiger partial charge in [-0.1, -0.05) is 13.8 Å². The van der Waals surface area contributed by atoms with E-state index in [2.05, 4.69) is 20.9 Å². The topological polar surface area (TPSA) is 38.9 Å². The zero-order valence-corrected chi connectivity index (χ0v) is 9.23. The normalized spacial score (nSPS) is 11.8. The molecule has 0 aliphatic carbocycles. The summed E-state index contributed by atoms with van der Waals surface area (Å²) in [6.45, 7) is 4.17. The van der Waals surface area contributed by atoms with Crippen molar-refractivity contribution in [3.63, 3.8) is 0 Å². The van der Waals surface area contributed by atoms with Gasteiger partial charge in [-0.05, 0) is 22.0 Å². The number of aromatic nitrogens is 1. The fourth-order valence-corrected chi connectivity index (χ4v) is 1.34. The first-order valence-electron chi connectivity index (χ1n) is 3.99. The van der Waals surface area contributed by atoms with Crippen LogP contribution in [0.5, 0.6) is 0 Å². The summed E-state index contributed by atoms with van der Waals surface area (Å²) >= 11 is 3.25. The van der Waals surface area contributed by atoms with E-state index in [4.69, 9.17) is 5.73 Å². The minimum Gasteiger partial charge on any atom is -0.330 e. The number of rotatable bonds is 2. The fraction of sp³-hybridized carbons (Fsp3) is 0.444. The predicted octanol–water partition coefficient (Wildman–Crippen LogP) is 2.22. The van der Waals surface area contributed by atoms with Crippen molar-refractivity contribution >= 4 is 15.9 Å². The van der Waals surface area contributed by atoms with Crippen molar-refractivity contribution in [3.05, 3.63) is 28.2 Å². The number of hydrogen-bond donors (Lipinski definition) is 1. The van der Waals surface area contributed by atoms with Crippen molar-refractivity contribution in [3.8, 4) is 0 Å². The van der Waals surface area contributed by atoms with Crippen LogP contribution in [0.25, 0.3) is 0 Å². The van der Waals surface area contributed by atoms with Crippen molar-refractivity contribution < 1.29 is 4.39 Å². The second kappa shape index (κ2) is 3.72. The first kappa shape index (κ1) is 10.6. The Bertz CT molecular complexity index is 312.